The molecule has 94 valence electrons. The zero-order valence-electron chi connectivity index (χ0n) is 10.6. The summed E-state index contributed by atoms with van der Waals surface area (Å²) in [7, 11) is 0. The van der Waals surface area contributed by atoms with Crippen molar-refractivity contribution in [3.8, 4) is 0 Å². The largest absolute Gasteiger partial charge is 0.384 e. The van der Waals surface area contributed by atoms with E-state index in [1.54, 1.807) is 12.3 Å². The third-order valence-corrected chi connectivity index (χ3v) is 2.71. The second-order valence-electron chi connectivity index (χ2n) is 4.12. The first-order valence-electron chi connectivity index (χ1n) is 6.22. The maximum atomic E-state index is 5.73. The highest BCUT2D eigenvalue weighted by Gasteiger charge is 2.11. The lowest BCUT2D eigenvalue weighted by Gasteiger charge is -2.22. The number of hydrogen-bond donors (Lipinski definition) is 1. The summed E-state index contributed by atoms with van der Waals surface area (Å²) in [5.74, 6) is 1.16. The molecule has 2 N–H and O–H groups in total. The van der Waals surface area contributed by atoms with Crippen molar-refractivity contribution in [2.45, 2.75) is 19.8 Å². The van der Waals surface area contributed by atoms with Gasteiger partial charge in [0.15, 0.2) is 0 Å². The molecule has 2 rings (SSSR count). The fraction of sp³-hybridized carbons (Fsp3) is 0.286. The Kier molecular flexibility index (Phi) is 4.12. The predicted octanol–water partition coefficient (Wildman–Crippen LogP) is 3.00. The summed E-state index contributed by atoms with van der Waals surface area (Å²) < 4.78 is 0. The number of hydrogen-bond acceptors (Lipinski definition) is 4. The minimum absolute atomic E-state index is 0.498. The molecule has 0 amide bonds. The number of aromatic nitrogens is 2. The van der Waals surface area contributed by atoms with Gasteiger partial charge >= 0.3 is 0 Å². The van der Waals surface area contributed by atoms with Crippen LogP contribution in [0.5, 0.6) is 0 Å². The summed E-state index contributed by atoms with van der Waals surface area (Å²) >= 11 is 0. The van der Waals surface area contributed by atoms with Gasteiger partial charge in [-0.05, 0) is 24.6 Å². The average Bonchev–Trinajstić information content (AvgIpc) is 2.40. The van der Waals surface area contributed by atoms with Crippen molar-refractivity contribution < 1.29 is 0 Å². The van der Waals surface area contributed by atoms with Gasteiger partial charge < -0.3 is 10.6 Å². The average molecular weight is 242 g/mol. The third-order valence-electron chi connectivity index (χ3n) is 2.71. The molecule has 0 atom stereocenters. The number of nitrogens with zero attached hydrogens (tertiary/aromatic N) is 3. The highest BCUT2D eigenvalue weighted by Crippen LogP contribution is 2.22. The monoisotopic (exact) mass is 242 g/mol. The van der Waals surface area contributed by atoms with Crippen molar-refractivity contribution in [1.29, 1.82) is 0 Å². The van der Waals surface area contributed by atoms with E-state index in [4.69, 9.17) is 5.73 Å². The van der Waals surface area contributed by atoms with Crippen LogP contribution in [0.3, 0.4) is 0 Å². The van der Waals surface area contributed by atoms with E-state index >= 15 is 0 Å². The van der Waals surface area contributed by atoms with Gasteiger partial charge in [0.1, 0.15) is 5.82 Å². The molecule has 18 heavy (non-hydrogen) atoms. The summed E-state index contributed by atoms with van der Waals surface area (Å²) in [6, 6.07) is 11.8. The van der Waals surface area contributed by atoms with Gasteiger partial charge in [0.05, 0.1) is 0 Å². The molecule has 1 heterocycles. The van der Waals surface area contributed by atoms with Crippen molar-refractivity contribution in [3.05, 3.63) is 42.6 Å². The zero-order chi connectivity index (χ0) is 12.8. The van der Waals surface area contributed by atoms with Crippen LogP contribution in [-0.4, -0.2) is 16.5 Å². The van der Waals surface area contributed by atoms with E-state index in [2.05, 4.69) is 33.9 Å². The van der Waals surface area contributed by atoms with Crippen LogP contribution in [0.25, 0.3) is 0 Å². The van der Waals surface area contributed by atoms with Crippen LogP contribution in [0.15, 0.2) is 42.6 Å². The van der Waals surface area contributed by atoms with Gasteiger partial charge in [-0.1, -0.05) is 31.5 Å². The van der Waals surface area contributed by atoms with E-state index in [9.17, 15) is 0 Å². The molecule has 4 nitrogen and oxygen atoms in total. The van der Waals surface area contributed by atoms with E-state index in [-0.39, 0.29) is 0 Å². The highest BCUT2D eigenvalue weighted by atomic mass is 15.3. The van der Waals surface area contributed by atoms with Gasteiger partial charge in [0, 0.05) is 18.4 Å². The summed E-state index contributed by atoms with van der Waals surface area (Å²) in [5.41, 5.74) is 6.82. The van der Waals surface area contributed by atoms with Gasteiger partial charge in [0.25, 0.3) is 0 Å². The Bertz CT molecular complexity index is 484. The molecule has 1 aromatic heterocycles. The van der Waals surface area contributed by atoms with Gasteiger partial charge in [-0.3, -0.25) is 0 Å². The Hall–Kier alpha value is -2.10. The molecular weight excluding hydrogens is 224 g/mol. The Morgan fingerprint density at radius 2 is 1.94 bits per heavy atom. The zero-order valence-corrected chi connectivity index (χ0v) is 10.6. The molecule has 0 aliphatic carbocycles. The number of para-hydroxylation sites is 1. The van der Waals surface area contributed by atoms with Gasteiger partial charge in [-0.2, -0.15) is 4.98 Å². The normalized spacial score (nSPS) is 10.3. The van der Waals surface area contributed by atoms with Gasteiger partial charge in [-0.25, -0.2) is 4.98 Å². The number of nitrogen functional groups attached to an aromatic ring is 1. The lowest BCUT2D eigenvalue weighted by molar-refractivity contribution is 0.771. The number of unbranched alkanes of at least 4 members (excludes halogenated alkanes) is 1. The van der Waals surface area contributed by atoms with Crippen molar-refractivity contribution in [2.75, 3.05) is 17.2 Å². The molecule has 0 saturated heterocycles. The van der Waals surface area contributed by atoms with E-state index in [0.29, 0.717) is 11.8 Å². The Balaban J connectivity index is 2.31. The van der Waals surface area contributed by atoms with Crippen LogP contribution >= 0.6 is 0 Å². The fourth-order valence-corrected chi connectivity index (χ4v) is 1.76. The topological polar surface area (TPSA) is 55.0 Å². The maximum Gasteiger partial charge on any atom is 0.231 e. The number of anilines is 3. The highest BCUT2D eigenvalue weighted by molar-refractivity contribution is 5.57. The van der Waals surface area contributed by atoms with E-state index in [1.165, 1.54) is 0 Å². The predicted molar refractivity (Wildman–Crippen MR) is 74.8 cm³/mol. The number of nitrogens with two attached hydrogens (primary N) is 1. The first-order valence-corrected chi connectivity index (χ1v) is 6.22. The van der Waals surface area contributed by atoms with Crippen LogP contribution in [0.2, 0.25) is 0 Å². The number of rotatable bonds is 5. The molecule has 0 bridgehead atoms. The molecule has 1 aromatic carbocycles. The number of benzene rings is 1. The summed E-state index contributed by atoms with van der Waals surface area (Å²) in [4.78, 5) is 10.7. The Morgan fingerprint density at radius 3 is 2.61 bits per heavy atom. The van der Waals surface area contributed by atoms with Gasteiger partial charge in [-0.15, -0.1) is 0 Å². The van der Waals surface area contributed by atoms with Crippen LogP contribution in [0.4, 0.5) is 17.5 Å². The molecule has 0 aliphatic rings. The van der Waals surface area contributed by atoms with Crippen molar-refractivity contribution in [1.82, 2.24) is 9.97 Å². The lowest BCUT2D eigenvalue weighted by atomic mass is 10.2. The Morgan fingerprint density at radius 1 is 1.17 bits per heavy atom. The van der Waals surface area contributed by atoms with Crippen LogP contribution in [0, 0.1) is 0 Å². The maximum absolute atomic E-state index is 5.73. The minimum atomic E-state index is 0.498. The quantitative estimate of drug-likeness (QED) is 0.875. The first-order chi connectivity index (χ1) is 8.81. The van der Waals surface area contributed by atoms with E-state index < -0.39 is 0 Å². The molecular formula is C14H18N4. The minimum Gasteiger partial charge on any atom is -0.384 e. The van der Waals surface area contributed by atoms with Crippen molar-refractivity contribution in [3.63, 3.8) is 0 Å². The lowest BCUT2D eigenvalue weighted by Crippen LogP contribution is -2.21. The standard InChI is InChI=1S/C14H18N4/c1-2-3-11-18(12-7-5-4-6-8-12)14-16-10-9-13(15)17-14/h4-10H,2-3,11H2,1H3,(H2,15,16,17). The molecule has 4 heteroatoms. The first kappa shape index (κ1) is 12.4. The van der Waals surface area contributed by atoms with E-state index in [0.717, 1.165) is 25.1 Å². The van der Waals surface area contributed by atoms with Crippen LogP contribution < -0.4 is 10.6 Å². The molecule has 0 fully saturated rings. The Labute approximate surface area is 107 Å². The smallest absolute Gasteiger partial charge is 0.231 e. The van der Waals surface area contributed by atoms with Crippen molar-refractivity contribution in [2.24, 2.45) is 0 Å². The molecule has 0 aliphatic heterocycles. The van der Waals surface area contributed by atoms with Crippen LogP contribution in [-0.2, 0) is 0 Å². The summed E-state index contributed by atoms with van der Waals surface area (Å²) in [6.45, 7) is 3.06. The second kappa shape index (κ2) is 6.00. The van der Waals surface area contributed by atoms with E-state index in [1.807, 2.05) is 18.2 Å². The third kappa shape index (κ3) is 2.97. The fourth-order valence-electron chi connectivity index (χ4n) is 1.76. The molecule has 0 radical (unpaired) electrons. The molecule has 0 unspecified atom stereocenters. The van der Waals surface area contributed by atoms with Crippen molar-refractivity contribution >= 4 is 17.5 Å². The second-order valence-corrected chi connectivity index (χ2v) is 4.12. The van der Waals surface area contributed by atoms with Crippen LogP contribution in [0.1, 0.15) is 19.8 Å². The van der Waals surface area contributed by atoms with Gasteiger partial charge in [0.2, 0.25) is 5.95 Å². The molecule has 2 aromatic rings. The summed E-state index contributed by atoms with van der Waals surface area (Å²) in [5, 5.41) is 0. The molecule has 0 saturated carbocycles. The SMILES string of the molecule is CCCCN(c1ccccc1)c1nccc(N)n1. The summed E-state index contributed by atoms with van der Waals surface area (Å²) in [6.07, 6.45) is 3.91. The molecule has 0 spiro atoms.